The van der Waals surface area contributed by atoms with Gasteiger partial charge < -0.3 is 4.74 Å². The Morgan fingerprint density at radius 1 is 1.13 bits per heavy atom. The summed E-state index contributed by atoms with van der Waals surface area (Å²) in [7, 11) is 0. The first-order chi connectivity index (χ1) is 14.5. The van der Waals surface area contributed by atoms with Gasteiger partial charge in [0.25, 0.3) is 5.91 Å². The summed E-state index contributed by atoms with van der Waals surface area (Å²) >= 11 is 5.06. The van der Waals surface area contributed by atoms with Crippen LogP contribution in [0.15, 0.2) is 40.9 Å². The van der Waals surface area contributed by atoms with E-state index in [9.17, 15) is 4.79 Å². The minimum atomic E-state index is -0.00107. The van der Waals surface area contributed by atoms with Crippen LogP contribution in [0.4, 0.5) is 5.13 Å². The summed E-state index contributed by atoms with van der Waals surface area (Å²) < 4.78 is 7.56. The number of hydrogen-bond acceptors (Lipinski definition) is 5. The van der Waals surface area contributed by atoms with Crippen LogP contribution in [-0.4, -0.2) is 55.2 Å². The number of halogens is 1. The highest BCUT2D eigenvalue weighted by atomic mass is 79.9. The van der Waals surface area contributed by atoms with Crippen molar-refractivity contribution in [3.8, 4) is 0 Å². The second-order valence-corrected chi connectivity index (χ2v) is 9.54. The maximum Gasteiger partial charge on any atom is 0.260 e. The molecule has 0 unspecified atom stereocenters. The Labute approximate surface area is 189 Å². The molecule has 0 spiro atoms. The van der Waals surface area contributed by atoms with E-state index in [1.165, 1.54) is 5.56 Å². The molecule has 1 saturated heterocycles. The van der Waals surface area contributed by atoms with Crippen molar-refractivity contribution in [1.29, 1.82) is 0 Å². The Kier molecular flexibility index (Phi) is 6.83. The number of rotatable bonds is 6. The third-order valence-corrected chi connectivity index (χ3v) is 7.20. The van der Waals surface area contributed by atoms with E-state index in [0.29, 0.717) is 12.1 Å². The van der Waals surface area contributed by atoms with Crippen LogP contribution >= 0.6 is 27.3 Å². The Bertz CT molecular complexity index is 990. The van der Waals surface area contributed by atoms with Gasteiger partial charge in [-0.05, 0) is 55.7 Å². The van der Waals surface area contributed by atoms with Gasteiger partial charge in [0.05, 0.1) is 23.4 Å². The maximum atomic E-state index is 13.4. The average Bonchev–Trinajstić information content (AvgIpc) is 3.21. The largest absolute Gasteiger partial charge is 0.379 e. The highest BCUT2D eigenvalue weighted by molar-refractivity contribution is 9.10. The second-order valence-electron chi connectivity index (χ2n) is 7.64. The zero-order valence-corrected chi connectivity index (χ0v) is 19.8. The first-order valence-corrected chi connectivity index (χ1v) is 11.9. The van der Waals surface area contributed by atoms with Gasteiger partial charge in [0.1, 0.15) is 0 Å². The molecule has 1 aromatic heterocycles. The molecule has 0 aliphatic carbocycles. The molecule has 2 heterocycles. The fourth-order valence-electron chi connectivity index (χ4n) is 3.67. The molecular formula is C23H26BrN3O2S. The summed E-state index contributed by atoms with van der Waals surface area (Å²) in [4.78, 5) is 22.6. The number of hydrogen-bond donors (Lipinski definition) is 0. The molecule has 2 aromatic carbocycles. The number of morpholine rings is 1. The lowest BCUT2D eigenvalue weighted by Crippen LogP contribution is -2.39. The van der Waals surface area contributed by atoms with E-state index < -0.39 is 0 Å². The zero-order chi connectivity index (χ0) is 21.1. The predicted octanol–water partition coefficient (Wildman–Crippen LogP) is 5.04. The number of carbonyl (C=O) groups is 1. The van der Waals surface area contributed by atoms with Crippen LogP contribution in [0.2, 0.25) is 0 Å². The average molecular weight is 488 g/mol. The molecule has 4 rings (SSSR count). The van der Waals surface area contributed by atoms with Gasteiger partial charge in [0.15, 0.2) is 5.13 Å². The molecule has 0 N–H and O–H groups in total. The molecule has 1 aliphatic rings. The van der Waals surface area contributed by atoms with Gasteiger partial charge in [-0.1, -0.05) is 39.4 Å². The zero-order valence-electron chi connectivity index (χ0n) is 17.4. The van der Waals surface area contributed by atoms with E-state index >= 15 is 0 Å². The summed E-state index contributed by atoms with van der Waals surface area (Å²) in [5.74, 6) is -0.00107. The summed E-state index contributed by atoms with van der Waals surface area (Å²) in [5, 5.41) is 0.775. The standard InChI is InChI=1S/C23H26BrN3O2S/c1-16-4-5-17(2)21-20(16)25-23(30-21)27(11-3-10-26-12-14-29-15-13-26)22(28)18-6-8-19(24)9-7-18/h4-9H,3,10-15H2,1-2H3. The van der Waals surface area contributed by atoms with Gasteiger partial charge in [-0.25, -0.2) is 4.98 Å². The fraction of sp³-hybridized carbons (Fsp3) is 0.391. The lowest BCUT2D eigenvalue weighted by Gasteiger charge is -2.27. The van der Waals surface area contributed by atoms with E-state index in [4.69, 9.17) is 9.72 Å². The van der Waals surface area contributed by atoms with Crippen LogP contribution in [0.25, 0.3) is 10.2 Å². The molecule has 0 bridgehead atoms. The summed E-state index contributed by atoms with van der Waals surface area (Å²) in [6.07, 6.45) is 0.899. The van der Waals surface area contributed by atoms with Crippen LogP contribution < -0.4 is 4.90 Å². The number of anilines is 1. The van der Waals surface area contributed by atoms with E-state index in [1.54, 1.807) is 11.3 Å². The van der Waals surface area contributed by atoms with Crippen LogP contribution in [0, 0.1) is 13.8 Å². The number of aromatic nitrogens is 1. The van der Waals surface area contributed by atoms with E-state index in [-0.39, 0.29) is 5.91 Å². The molecular weight excluding hydrogens is 462 g/mol. The van der Waals surface area contributed by atoms with E-state index in [2.05, 4.69) is 46.8 Å². The van der Waals surface area contributed by atoms with Gasteiger partial charge in [-0.15, -0.1) is 0 Å². The fourth-order valence-corrected chi connectivity index (χ4v) is 5.07. The molecule has 7 heteroatoms. The highest BCUT2D eigenvalue weighted by Crippen LogP contribution is 2.34. The van der Waals surface area contributed by atoms with Crippen LogP contribution in [0.5, 0.6) is 0 Å². The molecule has 3 aromatic rings. The molecule has 0 saturated carbocycles. The summed E-state index contributed by atoms with van der Waals surface area (Å²) in [6.45, 7) is 9.27. The SMILES string of the molecule is Cc1ccc(C)c2sc(N(CCCN3CCOCC3)C(=O)c3ccc(Br)cc3)nc12. The molecule has 30 heavy (non-hydrogen) atoms. The first-order valence-electron chi connectivity index (χ1n) is 10.3. The number of carbonyl (C=O) groups excluding carboxylic acids is 1. The van der Waals surface area contributed by atoms with Crippen LogP contribution in [0.1, 0.15) is 27.9 Å². The minimum absolute atomic E-state index is 0.00107. The van der Waals surface area contributed by atoms with Gasteiger partial charge >= 0.3 is 0 Å². The molecule has 0 radical (unpaired) electrons. The van der Waals surface area contributed by atoms with Gasteiger partial charge in [-0.2, -0.15) is 0 Å². The van der Waals surface area contributed by atoms with Crippen molar-refractivity contribution in [2.45, 2.75) is 20.3 Å². The monoisotopic (exact) mass is 487 g/mol. The van der Waals surface area contributed by atoms with Crippen molar-refractivity contribution in [3.05, 3.63) is 57.6 Å². The number of fused-ring (bicyclic) bond motifs is 1. The van der Waals surface area contributed by atoms with Crippen molar-refractivity contribution < 1.29 is 9.53 Å². The quantitative estimate of drug-likeness (QED) is 0.488. The Morgan fingerprint density at radius 3 is 2.53 bits per heavy atom. The van der Waals surface area contributed by atoms with Gasteiger partial charge in [0, 0.05) is 36.2 Å². The summed E-state index contributed by atoms with van der Waals surface area (Å²) in [5.41, 5.74) is 4.01. The number of benzene rings is 2. The molecule has 1 amide bonds. The number of aryl methyl sites for hydroxylation is 2. The Balaban J connectivity index is 1.60. The minimum Gasteiger partial charge on any atom is -0.379 e. The van der Waals surface area contributed by atoms with Crippen molar-refractivity contribution in [3.63, 3.8) is 0 Å². The third-order valence-electron chi connectivity index (χ3n) is 5.46. The summed E-state index contributed by atoms with van der Waals surface area (Å²) in [6, 6.07) is 11.8. The van der Waals surface area contributed by atoms with Crippen molar-refractivity contribution >= 4 is 48.5 Å². The lowest BCUT2D eigenvalue weighted by atomic mass is 10.1. The lowest BCUT2D eigenvalue weighted by molar-refractivity contribution is 0.0376. The van der Waals surface area contributed by atoms with Gasteiger partial charge in [-0.3, -0.25) is 14.6 Å². The first kappa shape index (κ1) is 21.4. The Hall–Kier alpha value is -1.80. The normalized spacial score (nSPS) is 14.9. The number of amides is 1. The van der Waals surface area contributed by atoms with Crippen LogP contribution in [0.3, 0.4) is 0 Å². The Morgan fingerprint density at radius 2 is 1.83 bits per heavy atom. The van der Waals surface area contributed by atoms with Crippen molar-refractivity contribution in [2.75, 3.05) is 44.3 Å². The predicted molar refractivity (Wildman–Crippen MR) is 127 cm³/mol. The van der Waals surface area contributed by atoms with Crippen LogP contribution in [-0.2, 0) is 4.74 Å². The molecule has 0 atom stereocenters. The topological polar surface area (TPSA) is 45.7 Å². The van der Waals surface area contributed by atoms with Gasteiger partial charge in [0.2, 0.25) is 0 Å². The number of ether oxygens (including phenoxy) is 1. The van der Waals surface area contributed by atoms with E-state index in [0.717, 1.165) is 64.7 Å². The number of thiazole rings is 1. The third kappa shape index (κ3) is 4.75. The molecule has 1 fully saturated rings. The molecule has 1 aliphatic heterocycles. The highest BCUT2D eigenvalue weighted by Gasteiger charge is 2.22. The maximum absolute atomic E-state index is 13.4. The van der Waals surface area contributed by atoms with Crippen molar-refractivity contribution in [1.82, 2.24) is 9.88 Å². The van der Waals surface area contributed by atoms with E-state index in [1.807, 2.05) is 29.2 Å². The number of nitrogens with zero attached hydrogens (tertiary/aromatic N) is 3. The molecule has 5 nitrogen and oxygen atoms in total. The smallest absolute Gasteiger partial charge is 0.260 e. The van der Waals surface area contributed by atoms with Crippen molar-refractivity contribution in [2.24, 2.45) is 0 Å². The molecule has 158 valence electrons. The second kappa shape index (κ2) is 9.56.